The number of halogens is 2. The zero-order valence-corrected chi connectivity index (χ0v) is 23.7. The van der Waals surface area contributed by atoms with E-state index < -0.39 is 47.2 Å². The molecule has 216 valence electrons. The topological polar surface area (TPSA) is 116 Å². The van der Waals surface area contributed by atoms with Crippen LogP contribution in [0.4, 0.5) is 13.6 Å². The summed E-state index contributed by atoms with van der Waals surface area (Å²) in [4.78, 5) is 48.3. The Balaban J connectivity index is 1.83. The third kappa shape index (κ3) is 8.00. The predicted molar refractivity (Wildman–Crippen MR) is 147 cm³/mol. The molecule has 1 aromatic carbocycles. The number of rotatable bonds is 10. The molecule has 3 N–H and O–H groups in total. The first kappa shape index (κ1) is 30.5. The highest BCUT2D eigenvalue weighted by molar-refractivity contribution is 5.91. The number of carbonyl (C=O) groups is 3. The third-order valence-electron chi connectivity index (χ3n) is 6.53. The Kier molecular flexibility index (Phi) is 9.83. The summed E-state index contributed by atoms with van der Waals surface area (Å²) in [5, 5.41) is 6.41. The Morgan fingerprint density at radius 2 is 1.80 bits per heavy atom. The number of carbonyl (C=O) groups excluding carboxylic acids is 3. The molecule has 3 atom stereocenters. The fourth-order valence-corrected chi connectivity index (χ4v) is 4.25. The van der Waals surface area contributed by atoms with Crippen LogP contribution in [0.25, 0.3) is 11.0 Å². The second-order valence-corrected chi connectivity index (χ2v) is 10.9. The number of pyridine rings is 1. The van der Waals surface area contributed by atoms with Crippen molar-refractivity contribution in [3.8, 4) is 0 Å². The van der Waals surface area contributed by atoms with Crippen molar-refractivity contribution < 1.29 is 27.9 Å². The number of likely N-dealkylation sites (N-methyl/N-ethyl adjacent to an activating group) is 1. The second-order valence-electron chi connectivity index (χ2n) is 10.9. The van der Waals surface area contributed by atoms with Gasteiger partial charge < -0.3 is 20.4 Å². The van der Waals surface area contributed by atoms with Crippen LogP contribution >= 0.6 is 0 Å². The van der Waals surface area contributed by atoms with Crippen LogP contribution in [-0.2, 0) is 27.3 Å². The maximum atomic E-state index is 13.9. The Morgan fingerprint density at radius 3 is 2.45 bits per heavy atom. The van der Waals surface area contributed by atoms with Gasteiger partial charge in [0.2, 0.25) is 11.8 Å². The van der Waals surface area contributed by atoms with Gasteiger partial charge in [0.1, 0.15) is 23.3 Å². The van der Waals surface area contributed by atoms with Crippen molar-refractivity contribution in [2.24, 2.45) is 5.92 Å². The SMILES string of the molecule is CC[C@@H](C)C(C(=O)N[C@@H](Cc1ccc(F)c(F)c1)C(=O)NCc1cnc2[nH]ccc2c1)N(C)C(=O)OC(C)(C)C. The molecule has 2 aromatic heterocycles. The van der Waals surface area contributed by atoms with E-state index >= 15 is 0 Å². The molecule has 1 unspecified atom stereocenters. The van der Waals surface area contributed by atoms with Gasteiger partial charge in [-0.1, -0.05) is 26.3 Å². The maximum Gasteiger partial charge on any atom is 0.410 e. The van der Waals surface area contributed by atoms with Crippen LogP contribution in [0.3, 0.4) is 0 Å². The molecule has 0 aliphatic heterocycles. The van der Waals surface area contributed by atoms with Crippen LogP contribution in [0.15, 0.2) is 42.7 Å². The van der Waals surface area contributed by atoms with E-state index in [1.165, 1.54) is 18.0 Å². The predicted octanol–water partition coefficient (Wildman–Crippen LogP) is 4.47. The monoisotopic (exact) mass is 557 g/mol. The highest BCUT2D eigenvalue weighted by atomic mass is 19.2. The third-order valence-corrected chi connectivity index (χ3v) is 6.53. The molecule has 0 bridgehead atoms. The van der Waals surface area contributed by atoms with Gasteiger partial charge >= 0.3 is 6.09 Å². The fourth-order valence-electron chi connectivity index (χ4n) is 4.25. The largest absolute Gasteiger partial charge is 0.444 e. The molecule has 0 aliphatic rings. The fraction of sp³-hybridized carbons (Fsp3) is 0.448. The summed E-state index contributed by atoms with van der Waals surface area (Å²) in [7, 11) is 1.47. The van der Waals surface area contributed by atoms with Crippen molar-refractivity contribution in [2.75, 3.05) is 7.05 Å². The van der Waals surface area contributed by atoms with Crippen molar-refractivity contribution in [2.45, 2.75) is 71.7 Å². The Bertz CT molecular complexity index is 1350. The minimum atomic E-state index is -1.14. The molecule has 3 rings (SSSR count). The van der Waals surface area contributed by atoms with Gasteiger partial charge in [0, 0.05) is 37.8 Å². The Hall–Kier alpha value is -4.02. The number of H-pyrrole nitrogens is 1. The number of nitrogens with zero attached hydrogens (tertiary/aromatic N) is 2. The lowest BCUT2D eigenvalue weighted by molar-refractivity contribution is -0.132. The van der Waals surface area contributed by atoms with Gasteiger partial charge in [0.15, 0.2) is 11.6 Å². The number of benzene rings is 1. The van der Waals surface area contributed by atoms with Crippen LogP contribution < -0.4 is 10.6 Å². The molecule has 3 amide bonds. The summed E-state index contributed by atoms with van der Waals surface area (Å²) >= 11 is 0. The molecular weight excluding hydrogens is 520 g/mol. The van der Waals surface area contributed by atoms with E-state index in [4.69, 9.17) is 4.74 Å². The molecular formula is C29H37F2N5O4. The number of aromatic amines is 1. The van der Waals surface area contributed by atoms with Crippen LogP contribution in [0, 0.1) is 17.6 Å². The lowest BCUT2D eigenvalue weighted by atomic mass is 9.96. The van der Waals surface area contributed by atoms with Crippen molar-refractivity contribution in [1.29, 1.82) is 0 Å². The first-order valence-corrected chi connectivity index (χ1v) is 13.2. The molecule has 2 heterocycles. The van der Waals surface area contributed by atoms with Gasteiger partial charge in [0.05, 0.1) is 0 Å². The molecule has 0 saturated carbocycles. The first-order chi connectivity index (χ1) is 18.8. The van der Waals surface area contributed by atoms with Crippen molar-refractivity contribution in [3.63, 3.8) is 0 Å². The van der Waals surface area contributed by atoms with Crippen LogP contribution in [0.1, 0.15) is 52.2 Å². The van der Waals surface area contributed by atoms with Gasteiger partial charge in [-0.15, -0.1) is 0 Å². The maximum absolute atomic E-state index is 13.9. The van der Waals surface area contributed by atoms with E-state index in [0.29, 0.717) is 17.6 Å². The molecule has 0 radical (unpaired) electrons. The quantitative estimate of drug-likeness (QED) is 0.340. The molecule has 0 aliphatic carbocycles. The molecule has 0 fully saturated rings. The van der Waals surface area contributed by atoms with E-state index in [1.54, 1.807) is 33.2 Å². The van der Waals surface area contributed by atoms with Gasteiger partial charge in [0.25, 0.3) is 0 Å². The number of nitrogens with one attached hydrogen (secondary N) is 3. The number of hydrogen-bond acceptors (Lipinski definition) is 5. The molecule has 11 heteroatoms. The Labute approximate surface area is 232 Å². The van der Waals surface area contributed by atoms with E-state index in [2.05, 4.69) is 20.6 Å². The van der Waals surface area contributed by atoms with Crippen LogP contribution in [0.5, 0.6) is 0 Å². The van der Waals surface area contributed by atoms with E-state index in [-0.39, 0.29) is 18.9 Å². The number of ether oxygens (including phenoxy) is 1. The first-order valence-electron chi connectivity index (χ1n) is 13.2. The average molecular weight is 558 g/mol. The molecule has 0 saturated heterocycles. The van der Waals surface area contributed by atoms with Gasteiger partial charge in [-0.05, 0) is 62.1 Å². The number of hydrogen-bond donors (Lipinski definition) is 3. The number of fused-ring (bicyclic) bond motifs is 1. The van der Waals surface area contributed by atoms with Crippen molar-refractivity contribution >= 4 is 28.9 Å². The lowest BCUT2D eigenvalue weighted by Gasteiger charge is -2.34. The van der Waals surface area contributed by atoms with Gasteiger partial charge in [-0.3, -0.25) is 14.5 Å². The molecule has 9 nitrogen and oxygen atoms in total. The van der Waals surface area contributed by atoms with Crippen molar-refractivity contribution in [1.82, 2.24) is 25.5 Å². The van der Waals surface area contributed by atoms with E-state index in [9.17, 15) is 23.2 Å². The molecule has 40 heavy (non-hydrogen) atoms. The highest BCUT2D eigenvalue weighted by Gasteiger charge is 2.35. The summed E-state index contributed by atoms with van der Waals surface area (Å²) in [6.45, 7) is 9.01. The summed E-state index contributed by atoms with van der Waals surface area (Å²) in [5.74, 6) is -3.45. The van der Waals surface area contributed by atoms with Crippen LogP contribution in [-0.4, -0.2) is 57.5 Å². The smallest absolute Gasteiger partial charge is 0.410 e. The van der Waals surface area contributed by atoms with Gasteiger partial charge in [-0.2, -0.15) is 0 Å². The minimum absolute atomic E-state index is 0.104. The summed E-state index contributed by atoms with van der Waals surface area (Å²) in [6.07, 6.45) is 3.17. The summed E-state index contributed by atoms with van der Waals surface area (Å²) < 4.78 is 32.9. The summed E-state index contributed by atoms with van der Waals surface area (Å²) in [6, 6.07) is 4.96. The number of amides is 3. The van der Waals surface area contributed by atoms with E-state index in [1.807, 2.05) is 26.0 Å². The second kappa shape index (κ2) is 12.9. The Morgan fingerprint density at radius 1 is 1.07 bits per heavy atom. The van der Waals surface area contributed by atoms with Crippen molar-refractivity contribution in [3.05, 3.63) is 65.5 Å². The zero-order chi connectivity index (χ0) is 29.6. The number of aromatic nitrogens is 2. The average Bonchev–Trinajstić information content (AvgIpc) is 3.36. The lowest BCUT2D eigenvalue weighted by Crippen LogP contribution is -2.57. The molecule has 3 aromatic rings. The highest BCUT2D eigenvalue weighted by Crippen LogP contribution is 2.19. The normalized spacial score (nSPS) is 13.8. The summed E-state index contributed by atoms with van der Waals surface area (Å²) in [5.41, 5.74) is 0.995. The minimum Gasteiger partial charge on any atom is -0.444 e. The van der Waals surface area contributed by atoms with Gasteiger partial charge in [-0.25, -0.2) is 18.6 Å². The van der Waals surface area contributed by atoms with E-state index in [0.717, 1.165) is 23.1 Å². The zero-order valence-electron chi connectivity index (χ0n) is 23.7. The molecule has 0 spiro atoms. The standard InChI is InChI=1S/C29H37F2N5O4/c1-7-17(2)24(36(6)28(39)40-29(3,4)5)27(38)35-23(14-18-8-9-21(30)22(31)13-18)26(37)34-16-19-12-20-10-11-32-25(20)33-15-19/h8-13,15,17,23-24H,7,14,16H2,1-6H3,(H,32,33)(H,34,37)(H,35,38)/t17-,23+,24?/m1/s1. The van der Waals surface area contributed by atoms with Crippen LogP contribution in [0.2, 0.25) is 0 Å².